The Morgan fingerprint density at radius 2 is 2.24 bits per heavy atom. The number of nitrogens with one attached hydrogen (secondary N) is 1. The number of anilines is 1. The van der Waals surface area contributed by atoms with Gasteiger partial charge >= 0.3 is 5.97 Å². The van der Waals surface area contributed by atoms with Crippen molar-refractivity contribution in [2.45, 2.75) is 33.1 Å². The number of aromatic nitrogens is 3. The van der Waals surface area contributed by atoms with Crippen molar-refractivity contribution in [3.05, 3.63) is 17.5 Å². The van der Waals surface area contributed by atoms with Crippen molar-refractivity contribution in [1.29, 1.82) is 0 Å². The normalized spacial score (nSPS) is 16.7. The lowest BCUT2D eigenvalue weighted by atomic mass is 9.70. The number of carboxylic acid groups (broad SMARTS) is 1. The molecule has 6 nitrogen and oxygen atoms in total. The summed E-state index contributed by atoms with van der Waals surface area (Å²) < 4.78 is 1.69. The number of hydrogen-bond acceptors (Lipinski definition) is 4. The minimum Gasteiger partial charge on any atom is -0.478 e. The molecular weight excluding hydrogens is 268 g/mol. The van der Waals surface area contributed by atoms with E-state index in [0.29, 0.717) is 11.3 Å². The second-order valence-electron chi connectivity index (χ2n) is 6.28. The van der Waals surface area contributed by atoms with E-state index in [1.54, 1.807) is 4.68 Å². The molecule has 0 atom stereocenters. The van der Waals surface area contributed by atoms with E-state index < -0.39 is 5.97 Å². The molecule has 0 aromatic carbocycles. The second kappa shape index (κ2) is 4.72. The SMILES string of the molecule is Cc1nn(C)c2ncc(C(=O)O)c(NCC3(C)CCC3)c12. The molecular formula is C15H20N4O2. The standard InChI is InChI=1S/C15H20N4O2/c1-9-11-12(17-8-15(2)5-4-6-15)10(14(20)21)7-16-13(11)19(3)18-9/h7H,4-6,8H2,1-3H3,(H,16,17)(H,20,21). The fourth-order valence-electron chi connectivity index (χ4n) is 3.02. The van der Waals surface area contributed by atoms with E-state index in [2.05, 4.69) is 22.3 Å². The van der Waals surface area contributed by atoms with Gasteiger partial charge in [-0.1, -0.05) is 13.3 Å². The van der Waals surface area contributed by atoms with Crippen LogP contribution in [0.25, 0.3) is 11.0 Å². The third kappa shape index (κ3) is 2.24. The topological polar surface area (TPSA) is 80.0 Å². The average Bonchev–Trinajstić information content (AvgIpc) is 2.69. The van der Waals surface area contributed by atoms with E-state index in [0.717, 1.165) is 17.6 Å². The van der Waals surface area contributed by atoms with Crippen molar-refractivity contribution in [2.24, 2.45) is 12.5 Å². The Morgan fingerprint density at radius 3 is 2.81 bits per heavy atom. The summed E-state index contributed by atoms with van der Waals surface area (Å²) in [4.78, 5) is 15.7. The van der Waals surface area contributed by atoms with E-state index >= 15 is 0 Å². The maximum Gasteiger partial charge on any atom is 0.339 e. The minimum absolute atomic E-state index is 0.210. The molecule has 0 spiro atoms. The molecule has 0 saturated heterocycles. The van der Waals surface area contributed by atoms with Gasteiger partial charge in [0.2, 0.25) is 0 Å². The number of hydrogen-bond donors (Lipinski definition) is 2. The van der Waals surface area contributed by atoms with Crippen molar-refractivity contribution >= 4 is 22.7 Å². The zero-order chi connectivity index (χ0) is 15.2. The van der Waals surface area contributed by atoms with Crippen LogP contribution in [0.3, 0.4) is 0 Å². The summed E-state index contributed by atoms with van der Waals surface area (Å²) in [6.07, 6.45) is 5.03. The lowest BCUT2D eigenvalue weighted by Gasteiger charge is -2.38. The number of aryl methyl sites for hydroxylation is 2. The van der Waals surface area contributed by atoms with Crippen LogP contribution in [0, 0.1) is 12.3 Å². The van der Waals surface area contributed by atoms with Crippen LogP contribution in [0.1, 0.15) is 42.2 Å². The Kier molecular flexibility index (Phi) is 3.11. The molecule has 3 rings (SSSR count). The number of carbonyl (C=O) groups is 1. The van der Waals surface area contributed by atoms with E-state index in [1.165, 1.54) is 25.5 Å². The molecule has 6 heteroatoms. The van der Waals surface area contributed by atoms with E-state index in [9.17, 15) is 9.90 Å². The predicted octanol–water partition coefficient (Wildman–Crippen LogP) is 2.58. The van der Waals surface area contributed by atoms with Gasteiger partial charge in [-0.25, -0.2) is 9.78 Å². The number of carboxylic acids is 1. The zero-order valence-electron chi connectivity index (χ0n) is 12.6. The van der Waals surface area contributed by atoms with Crippen LogP contribution in [0.4, 0.5) is 5.69 Å². The first kappa shape index (κ1) is 13.9. The third-order valence-electron chi connectivity index (χ3n) is 4.51. The summed E-state index contributed by atoms with van der Waals surface area (Å²) in [6.45, 7) is 4.89. The fraction of sp³-hybridized carbons (Fsp3) is 0.533. The summed E-state index contributed by atoms with van der Waals surface area (Å²) in [6, 6.07) is 0. The number of pyridine rings is 1. The predicted molar refractivity (Wildman–Crippen MR) is 80.7 cm³/mol. The van der Waals surface area contributed by atoms with Gasteiger partial charge in [0.05, 0.1) is 16.8 Å². The van der Waals surface area contributed by atoms with E-state index in [1.807, 2.05) is 14.0 Å². The molecule has 2 heterocycles. The van der Waals surface area contributed by atoms with Gasteiger partial charge in [-0.05, 0) is 25.2 Å². The Balaban J connectivity index is 2.07. The van der Waals surface area contributed by atoms with E-state index in [-0.39, 0.29) is 11.0 Å². The summed E-state index contributed by atoms with van der Waals surface area (Å²) in [7, 11) is 1.82. The lowest BCUT2D eigenvalue weighted by molar-refractivity contribution is 0.0697. The largest absolute Gasteiger partial charge is 0.478 e. The fourth-order valence-corrected chi connectivity index (χ4v) is 3.02. The molecule has 2 aromatic heterocycles. The van der Waals surface area contributed by atoms with Gasteiger partial charge in [0.25, 0.3) is 0 Å². The van der Waals surface area contributed by atoms with Crippen LogP contribution in [-0.4, -0.2) is 32.4 Å². The maximum atomic E-state index is 11.5. The summed E-state index contributed by atoms with van der Waals surface area (Å²) in [5.74, 6) is -0.964. The summed E-state index contributed by atoms with van der Waals surface area (Å²) in [5.41, 5.74) is 2.62. The molecule has 2 N–H and O–H groups in total. The smallest absolute Gasteiger partial charge is 0.339 e. The van der Waals surface area contributed by atoms with Gasteiger partial charge in [-0.3, -0.25) is 4.68 Å². The molecule has 0 unspecified atom stereocenters. The molecule has 1 saturated carbocycles. The van der Waals surface area contributed by atoms with Gasteiger partial charge in [-0.15, -0.1) is 0 Å². The molecule has 1 aliphatic carbocycles. The van der Waals surface area contributed by atoms with Crippen LogP contribution < -0.4 is 5.32 Å². The zero-order valence-corrected chi connectivity index (χ0v) is 12.6. The maximum absolute atomic E-state index is 11.5. The van der Waals surface area contributed by atoms with Crippen LogP contribution in [0.15, 0.2) is 6.20 Å². The van der Waals surface area contributed by atoms with Crippen LogP contribution in [0.5, 0.6) is 0 Å². The van der Waals surface area contributed by atoms with Crippen LogP contribution in [-0.2, 0) is 7.05 Å². The monoisotopic (exact) mass is 288 g/mol. The van der Waals surface area contributed by atoms with Gasteiger partial charge in [-0.2, -0.15) is 5.10 Å². The van der Waals surface area contributed by atoms with E-state index in [4.69, 9.17) is 0 Å². The summed E-state index contributed by atoms with van der Waals surface area (Å²) in [5, 5.41) is 17.9. The Labute approximate surface area is 123 Å². The number of fused-ring (bicyclic) bond motifs is 1. The van der Waals surface area contributed by atoms with Gasteiger partial charge in [0, 0.05) is 19.8 Å². The van der Waals surface area contributed by atoms with Crippen molar-refractivity contribution < 1.29 is 9.90 Å². The Hall–Kier alpha value is -2.11. The number of nitrogens with zero attached hydrogens (tertiary/aromatic N) is 3. The quantitative estimate of drug-likeness (QED) is 0.904. The Morgan fingerprint density at radius 1 is 1.52 bits per heavy atom. The highest BCUT2D eigenvalue weighted by Crippen LogP contribution is 2.41. The first-order chi connectivity index (χ1) is 9.91. The van der Waals surface area contributed by atoms with Crippen molar-refractivity contribution in [3.8, 4) is 0 Å². The Bertz CT molecular complexity index is 716. The molecule has 0 aliphatic heterocycles. The molecule has 1 aliphatic rings. The van der Waals surface area contributed by atoms with Crippen LogP contribution in [0.2, 0.25) is 0 Å². The molecule has 1 fully saturated rings. The van der Waals surface area contributed by atoms with Gasteiger partial charge in [0.15, 0.2) is 5.65 Å². The first-order valence-electron chi connectivity index (χ1n) is 7.21. The highest BCUT2D eigenvalue weighted by Gasteiger charge is 2.32. The van der Waals surface area contributed by atoms with Gasteiger partial charge in [0.1, 0.15) is 5.56 Å². The summed E-state index contributed by atoms with van der Waals surface area (Å²) >= 11 is 0. The molecule has 2 aromatic rings. The van der Waals surface area contributed by atoms with Crippen LogP contribution >= 0.6 is 0 Å². The third-order valence-corrected chi connectivity index (χ3v) is 4.51. The second-order valence-corrected chi connectivity index (χ2v) is 6.28. The minimum atomic E-state index is -0.964. The van der Waals surface area contributed by atoms with Gasteiger partial charge < -0.3 is 10.4 Å². The van der Waals surface area contributed by atoms with Crippen molar-refractivity contribution in [1.82, 2.24) is 14.8 Å². The highest BCUT2D eigenvalue weighted by atomic mass is 16.4. The number of aromatic carboxylic acids is 1. The number of rotatable bonds is 4. The molecule has 21 heavy (non-hydrogen) atoms. The first-order valence-corrected chi connectivity index (χ1v) is 7.21. The molecule has 0 bridgehead atoms. The van der Waals surface area contributed by atoms with Crippen molar-refractivity contribution in [3.63, 3.8) is 0 Å². The highest BCUT2D eigenvalue weighted by molar-refractivity contribution is 6.04. The molecule has 0 radical (unpaired) electrons. The molecule has 112 valence electrons. The average molecular weight is 288 g/mol. The molecule has 0 amide bonds. The lowest BCUT2D eigenvalue weighted by Crippen LogP contribution is -2.33. The van der Waals surface area contributed by atoms with Crippen molar-refractivity contribution in [2.75, 3.05) is 11.9 Å².